The van der Waals surface area contributed by atoms with E-state index in [0.29, 0.717) is 6.54 Å². The average molecular weight is 359 g/mol. The number of nitrogens with zero attached hydrogens (tertiary/aromatic N) is 1. The van der Waals surface area contributed by atoms with Crippen LogP contribution in [0.1, 0.15) is 38.8 Å². The zero-order chi connectivity index (χ0) is 17.5. The number of amides is 1. The molecule has 1 aromatic rings. The number of carbonyl (C=O) groups excluding carboxylic acids is 2. The van der Waals surface area contributed by atoms with E-state index in [4.69, 9.17) is 15.2 Å². The third-order valence-corrected chi connectivity index (χ3v) is 2.91. The van der Waals surface area contributed by atoms with Gasteiger partial charge in [-0.25, -0.2) is 4.79 Å². The average Bonchev–Trinajstić information content (AvgIpc) is 2.46. The van der Waals surface area contributed by atoms with Crippen LogP contribution in [0.2, 0.25) is 0 Å². The van der Waals surface area contributed by atoms with Crippen LogP contribution >= 0.6 is 12.4 Å². The Morgan fingerprint density at radius 2 is 1.67 bits per heavy atom. The van der Waals surface area contributed by atoms with Gasteiger partial charge in [0.1, 0.15) is 12.1 Å². The number of carbonyl (C=O) groups is 2. The summed E-state index contributed by atoms with van der Waals surface area (Å²) in [6.07, 6.45) is -0.548. The molecule has 0 spiro atoms. The summed E-state index contributed by atoms with van der Waals surface area (Å²) < 4.78 is 10.3. The van der Waals surface area contributed by atoms with Crippen molar-refractivity contribution >= 4 is 24.5 Å². The quantitative estimate of drug-likeness (QED) is 0.791. The number of halogens is 1. The van der Waals surface area contributed by atoms with Gasteiger partial charge in [-0.1, -0.05) is 24.3 Å². The van der Waals surface area contributed by atoms with E-state index in [-0.39, 0.29) is 32.1 Å². The number of esters is 1. The molecule has 1 aromatic carbocycles. The maximum atomic E-state index is 12.3. The van der Waals surface area contributed by atoms with Crippen LogP contribution in [-0.4, -0.2) is 35.7 Å². The Kier molecular flexibility index (Phi) is 9.40. The molecule has 24 heavy (non-hydrogen) atoms. The van der Waals surface area contributed by atoms with Gasteiger partial charge in [0.25, 0.3) is 0 Å². The minimum absolute atomic E-state index is 0. The largest absolute Gasteiger partial charge is 0.465 e. The molecule has 0 saturated heterocycles. The third kappa shape index (κ3) is 8.17. The van der Waals surface area contributed by atoms with Gasteiger partial charge in [-0.2, -0.15) is 0 Å². The van der Waals surface area contributed by atoms with Gasteiger partial charge in [-0.3, -0.25) is 9.69 Å². The lowest BCUT2D eigenvalue weighted by Crippen LogP contribution is -2.39. The summed E-state index contributed by atoms with van der Waals surface area (Å²) in [5.41, 5.74) is 6.83. The Bertz CT molecular complexity index is 526. The minimum atomic E-state index is -0.632. The Hall–Kier alpha value is -1.79. The van der Waals surface area contributed by atoms with Crippen molar-refractivity contribution in [2.75, 3.05) is 13.2 Å². The van der Waals surface area contributed by atoms with E-state index in [9.17, 15) is 9.59 Å². The third-order valence-electron chi connectivity index (χ3n) is 2.91. The lowest BCUT2D eigenvalue weighted by Gasteiger charge is -2.27. The molecule has 7 heteroatoms. The summed E-state index contributed by atoms with van der Waals surface area (Å²) in [5, 5.41) is 0. The number of hydrogen-bond donors (Lipinski definition) is 1. The van der Waals surface area contributed by atoms with Gasteiger partial charge in [0.2, 0.25) is 0 Å². The van der Waals surface area contributed by atoms with Crippen molar-refractivity contribution in [3.63, 3.8) is 0 Å². The first kappa shape index (κ1) is 22.2. The molecule has 0 atom stereocenters. The van der Waals surface area contributed by atoms with Crippen LogP contribution in [0.15, 0.2) is 24.3 Å². The van der Waals surface area contributed by atoms with Crippen molar-refractivity contribution in [2.45, 2.75) is 46.4 Å². The van der Waals surface area contributed by atoms with Crippen LogP contribution in [0.5, 0.6) is 0 Å². The van der Waals surface area contributed by atoms with Crippen LogP contribution in [0, 0.1) is 0 Å². The predicted molar refractivity (Wildman–Crippen MR) is 94.9 cm³/mol. The molecule has 6 nitrogen and oxygen atoms in total. The molecule has 0 heterocycles. The summed E-state index contributed by atoms with van der Waals surface area (Å²) in [6.45, 7) is 7.91. The maximum Gasteiger partial charge on any atom is 0.411 e. The highest BCUT2D eigenvalue weighted by Crippen LogP contribution is 2.13. The Morgan fingerprint density at radius 1 is 1.12 bits per heavy atom. The van der Waals surface area contributed by atoms with Gasteiger partial charge in [-0.15, -0.1) is 12.4 Å². The molecule has 1 amide bonds. The molecule has 0 saturated carbocycles. The second-order valence-corrected chi connectivity index (χ2v) is 6.16. The van der Waals surface area contributed by atoms with Gasteiger partial charge >= 0.3 is 12.1 Å². The summed E-state index contributed by atoms with van der Waals surface area (Å²) in [4.78, 5) is 25.4. The fourth-order valence-electron chi connectivity index (χ4n) is 1.88. The number of ether oxygens (including phenoxy) is 2. The van der Waals surface area contributed by atoms with E-state index in [1.54, 1.807) is 27.7 Å². The van der Waals surface area contributed by atoms with Gasteiger partial charge in [0.15, 0.2) is 0 Å². The SMILES string of the molecule is CCOC(=O)CN(Cc1ccc(CN)cc1)C(=O)OC(C)(C)C.Cl. The Balaban J connectivity index is 0.00000529. The van der Waals surface area contributed by atoms with Crippen LogP contribution in [0.25, 0.3) is 0 Å². The highest BCUT2D eigenvalue weighted by molar-refractivity contribution is 5.85. The molecule has 2 N–H and O–H groups in total. The van der Waals surface area contributed by atoms with Crippen molar-refractivity contribution in [3.8, 4) is 0 Å². The fourth-order valence-corrected chi connectivity index (χ4v) is 1.88. The van der Waals surface area contributed by atoms with E-state index >= 15 is 0 Å². The summed E-state index contributed by atoms with van der Waals surface area (Å²) >= 11 is 0. The molecular weight excluding hydrogens is 332 g/mol. The van der Waals surface area contributed by atoms with Gasteiger partial charge < -0.3 is 15.2 Å². The fraction of sp³-hybridized carbons (Fsp3) is 0.529. The van der Waals surface area contributed by atoms with Crippen LogP contribution in [-0.2, 0) is 27.4 Å². The van der Waals surface area contributed by atoms with Crippen LogP contribution in [0.3, 0.4) is 0 Å². The summed E-state index contributed by atoms with van der Waals surface area (Å²) in [6, 6.07) is 7.55. The van der Waals surface area contributed by atoms with Crippen molar-refractivity contribution in [3.05, 3.63) is 35.4 Å². The molecule has 0 aliphatic carbocycles. The van der Waals surface area contributed by atoms with E-state index in [1.165, 1.54) is 4.90 Å². The molecule has 1 rings (SSSR count). The van der Waals surface area contributed by atoms with E-state index < -0.39 is 17.7 Å². The second kappa shape index (κ2) is 10.2. The Morgan fingerprint density at radius 3 is 2.12 bits per heavy atom. The zero-order valence-electron chi connectivity index (χ0n) is 14.7. The number of nitrogens with two attached hydrogens (primary N) is 1. The topological polar surface area (TPSA) is 81.9 Å². The smallest absolute Gasteiger partial charge is 0.411 e. The predicted octanol–water partition coefficient (Wildman–Crippen LogP) is 2.87. The molecule has 0 aromatic heterocycles. The molecule has 136 valence electrons. The van der Waals surface area contributed by atoms with E-state index in [2.05, 4.69) is 0 Å². The molecule has 0 bridgehead atoms. The normalized spacial score (nSPS) is 10.5. The van der Waals surface area contributed by atoms with Crippen LogP contribution in [0.4, 0.5) is 4.79 Å². The molecule has 0 unspecified atom stereocenters. The van der Waals surface area contributed by atoms with Gasteiger partial charge in [0.05, 0.1) is 6.61 Å². The monoisotopic (exact) mass is 358 g/mol. The first-order chi connectivity index (χ1) is 10.7. The number of rotatable bonds is 6. The molecule has 0 radical (unpaired) electrons. The van der Waals surface area contributed by atoms with Crippen molar-refractivity contribution in [2.24, 2.45) is 5.73 Å². The molecular formula is C17H27ClN2O4. The first-order valence-corrected chi connectivity index (χ1v) is 7.66. The van der Waals surface area contributed by atoms with Gasteiger partial charge in [-0.05, 0) is 38.8 Å². The molecule has 0 fully saturated rings. The summed E-state index contributed by atoms with van der Waals surface area (Å²) in [7, 11) is 0. The lowest BCUT2D eigenvalue weighted by atomic mass is 10.1. The van der Waals surface area contributed by atoms with E-state index in [0.717, 1.165) is 11.1 Å². The zero-order valence-corrected chi connectivity index (χ0v) is 15.5. The van der Waals surface area contributed by atoms with Gasteiger partial charge in [0, 0.05) is 13.1 Å². The highest BCUT2D eigenvalue weighted by Gasteiger charge is 2.24. The lowest BCUT2D eigenvalue weighted by molar-refractivity contribution is -0.144. The van der Waals surface area contributed by atoms with Crippen molar-refractivity contribution in [1.82, 2.24) is 4.90 Å². The minimum Gasteiger partial charge on any atom is -0.465 e. The second-order valence-electron chi connectivity index (χ2n) is 6.16. The standard InChI is InChI=1S/C17H26N2O4.ClH/c1-5-22-15(20)12-19(16(21)23-17(2,3)4)11-14-8-6-13(10-18)7-9-14;/h6-9H,5,10-12,18H2,1-4H3;1H. The maximum absolute atomic E-state index is 12.3. The number of benzene rings is 1. The number of hydrogen-bond acceptors (Lipinski definition) is 5. The molecule has 0 aliphatic heterocycles. The first-order valence-electron chi connectivity index (χ1n) is 7.66. The summed E-state index contributed by atoms with van der Waals surface area (Å²) in [5.74, 6) is -0.461. The Labute approximate surface area is 149 Å². The van der Waals surface area contributed by atoms with E-state index in [1.807, 2.05) is 24.3 Å². The van der Waals surface area contributed by atoms with Crippen molar-refractivity contribution in [1.29, 1.82) is 0 Å². The molecule has 0 aliphatic rings. The van der Waals surface area contributed by atoms with Crippen LogP contribution < -0.4 is 5.73 Å². The highest BCUT2D eigenvalue weighted by atomic mass is 35.5. The van der Waals surface area contributed by atoms with Crippen molar-refractivity contribution < 1.29 is 19.1 Å².